The van der Waals surface area contributed by atoms with Crippen LogP contribution in [0.3, 0.4) is 0 Å². The number of ether oxygens (including phenoxy) is 1. The molecular weight excluding hydrogens is 264 g/mol. The van der Waals surface area contributed by atoms with E-state index < -0.39 is 0 Å². The van der Waals surface area contributed by atoms with E-state index in [4.69, 9.17) is 10.5 Å². The predicted molar refractivity (Wildman–Crippen MR) is 82.1 cm³/mol. The molecule has 1 aromatic carbocycles. The van der Waals surface area contributed by atoms with Crippen LogP contribution >= 0.6 is 0 Å². The molecule has 3 atom stereocenters. The smallest absolute Gasteiger partial charge is 0.229 e. The Labute approximate surface area is 126 Å². The first-order chi connectivity index (χ1) is 10.2. The lowest BCUT2D eigenvalue weighted by atomic mass is 9.90. The number of likely N-dealkylation sites (tertiary alicyclic amines) is 1. The van der Waals surface area contributed by atoms with Crippen LogP contribution in [0.5, 0.6) is 5.75 Å². The maximum atomic E-state index is 12.9. The van der Waals surface area contributed by atoms with Crippen molar-refractivity contribution >= 4 is 5.91 Å². The minimum atomic E-state index is -0.0745. The fraction of sp³-hybridized carbons (Fsp3) is 0.588. The highest BCUT2D eigenvalue weighted by Gasteiger charge is 2.36. The molecule has 114 valence electrons. The van der Waals surface area contributed by atoms with Gasteiger partial charge in [-0.25, -0.2) is 0 Å². The predicted octanol–water partition coefficient (Wildman–Crippen LogP) is 1.97. The van der Waals surface area contributed by atoms with Gasteiger partial charge in [-0.2, -0.15) is 0 Å². The van der Waals surface area contributed by atoms with Gasteiger partial charge in [0.25, 0.3) is 0 Å². The molecule has 0 bridgehead atoms. The molecule has 0 saturated carbocycles. The molecule has 2 N–H and O–H groups in total. The van der Waals surface area contributed by atoms with Crippen LogP contribution in [-0.2, 0) is 11.2 Å². The Morgan fingerprint density at radius 1 is 1.38 bits per heavy atom. The van der Waals surface area contributed by atoms with E-state index in [-0.39, 0.29) is 23.9 Å². The van der Waals surface area contributed by atoms with Gasteiger partial charge in [0, 0.05) is 18.6 Å². The molecule has 2 aliphatic rings. The Morgan fingerprint density at radius 2 is 2.19 bits per heavy atom. The molecule has 3 rings (SSSR count). The second-order valence-corrected chi connectivity index (χ2v) is 6.23. The van der Waals surface area contributed by atoms with E-state index in [1.165, 1.54) is 0 Å². The lowest BCUT2D eigenvalue weighted by Crippen LogP contribution is -2.55. The summed E-state index contributed by atoms with van der Waals surface area (Å²) < 4.78 is 5.77. The van der Waals surface area contributed by atoms with Crippen molar-refractivity contribution in [2.45, 2.75) is 44.7 Å². The van der Waals surface area contributed by atoms with Gasteiger partial charge in [0.1, 0.15) is 12.4 Å². The summed E-state index contributed by atoms with van der Waals surface area (Å²) in [6.07, 6.45) is 4.04. The number of hydrogen-bond donors (Lipinski definition) is 1. The summed E-state index contributed by atoms with van der Waals surface area (Å²) in [5, 5.41) is 0. The zero-order chi connectivity index (χ0) is 14.8. The number of para-hydroxylation sites is 1. The zero-order valence-corrected chi connectivity index (χ0v) is 12.6. The Hall–Kier alpha value is -1.55. The molecule has 1 fully saturated rings. The van der Waals surface area contributed by atoms with E-state index in [0.717, 1.165) is 37.0 Å². The lowest BCUT2D eigenvalue weighted by Gasteiger charge is -2.42. The fourth-order valence-electron chi connectivity index (χ4n) is 3.61. The largest absolute Gasteiger partial charge is 0.492 e. The normalized spacial score (nSPS) is 28.7. The van der Waals surface area contributed by atoms with Crippen molar-refractivity contribution in [2.75, 3.05) is 13.2 Å². The van der Waals surface area contributed by atoms with E-state index in [0.29, 0.717) is 13.2 Å². The quantitative estimate of drug-likeness (QED) is 0.905. The average molecular weight is 288 g/mol. The molecule has 3 unspecified atom stereocenters. The molecule has 1 aromatic rings. The summed E-state index contributed by atoms with van der Waals surface area (Å²) in [6.45, 7) is 3.17. The van der Waals surface area contributed by atoms with Crippen LogP contribution in [0, 0.1) is 5.92 Å². The van der Waals surface area contributed by atoms with Gasteiger partial charge in [0.15, 0.2) is 0 Å². The number of carbonyl (C=O) groups is 1. The maximum absolute atomic E-state index is 12.9. The number of amides is 1. The summed E-state index contributed by atoms with van der Waals surface area (Å²) >= 11 is 0. The van der Waals surface area contributed by atoms with Crippen molar-refractivity contribution in [3.63, 3.8) is 0 Å². The number of piperidine rings is 1. The molecule has 0 aliphatic carbocycles. The topological polar surface area (TPSA) is 55.6 Å². The highest BCUT2D eigenvalue weighted by Crippen LogP contribution is 2.30. The van der Waals surface area contributed by atoms with E-state index in [1.54, 1.807) is 0 Å². The van der Waals surface area contributed by atoms with Gasteiger partial charge in [0.2, 0.25) is 5.91 Å². The van der Waals surface area contributed by atoms with Crippen LogP contribution in [0.1, 0.15) is 31.7 Å². The molecule has 2 aliphatic heterocycles. The first kappa shape index (κ1) is 14.4. The standard InChI is InChI=1S/C17H24N2O2/c1-12-5-4-7-15(10-18)19(12)17(20)14-9-13-6-2-3-8-16(13)21-11-14/h2-3,6,8,12,14-15H,4-5,7,9-11,18H2,1H3. The third-order valence-electron chi connectivity index (χ3n) is 4.78. The SMILES string of the molecule is CC1CCCC(CN)N1C(=O)C1COc2ccccc2C1. The van der Waals surface area contributed by atoms with Crippen LogP contribution in [0.4, 0.5) is 0 Å². The Balaban J connectivity index is 1.76. The van der Waals surface area contributed by atoms with Gasteiger partial charge in [-0.05, 0) is 44.2 Å². The zero-order valence-electron chi connectivity index (χ0n) is 12.6. The number of fused-ring (bicyclic) bond motifs is 1. The molecule has 1 saturated heterocycles. The Morgan fingerprint density at radius 3 is 3.00 bits per heavy atom. The number of nitrogens with zero attached hydrogens (tertiary/aromatic N) is 1. The number of hydrogen-bond acceptors (Lipinski definition) is 3. The molecular formula is C17H24N2O2. The monoisotopic (exact) mass is 288 g/mol. The van der Waals surface area contributed by atoms with Gasteiger partial charge in [0.05, 0.1) is 5.92 Å². The third-order valence-corrected chi connectivity index (χ3v) is 4.78. The first-order valence-electron chi connectivity index (χ1n) is 7.93. The molecule has 0 spiro atoms. The van der Waals surface area contributed by atoms with Gasteiger partial charge in [-0.1, -0.05) is 18.2 Å². The number of carbonyl (C=O) groups excluding carboxylic acids is 1. The van der Waals surface area contributed by atoms with E-state index >= 15 is 0 Å². The minimum absolute atomic E-state index is 0.0745. The van der Waals surface area contributed by atoms with Crippen molar-refractivity contribution in [1.82, 2.24) is 4.90 Å². The summed E-state index contributed by atoms with van der Waals surface area (Å²) in [4.78, 5) is 15.0. The van der Waals surface area contributed by atoms with E-state index in [9.17, 15) is 4.79 Å². The van der Waals surface area contributed by atoms with E-state index in [1.807, 2.05) is 23.1 Å². The molecule has 21 heavy (non-hydrogen) atoms. The highest BCUT2D eigenvalue weighted by atomic mass is 16.5. The third kappa shape index (κ3) is 2.77. The molecule has 4 heteroatoms. The second-order valence-electron chi connectivity index (χ2n) is 6.23. The Bertz CT molecular complexity index is 517. The highest BCUT2D eigenvalue weighted by molar-refractivity contribution is 5.80. The fourth-order valence-corrected chi connectivity index (χ4v) is 3.61. The summed E-state index contributed by atoms with van der Waals surface area (Å²) in [5.41, 5.74) is 7.01. The van der Waals surface area contributed by atoms with Gasteiger partial charge in [-0.15, -0.1) is 0 Å². The van der Waals surface area contributed by atoms with Crippen molar-refractivity contribution in [3.8, 4) is 5.75 Å². The molecule has 0 aromatic heterocycles. The second kappa shape index (κ2) is 6.06. The summed E-state index contributed by atoms with van der Waals surface area (Å²) in [6, 6.07) is 8.48. The molecule has 1 amide bonds. The van der Waals surface area contributed by atoms with Crippen LogP contribution in [0.2, 0.25) is 0 Å². The molecule has 4 nitrogen and oxygen atoms in total. The van der Waals surface area contributed by atoms with Gasteiger partial charge >= 0.3 is 0 Å². The van der Waals surface area contributed by atoms with Crippen LogP contribution in [0.15, 0.2) is 24.3 Å². The Kier molecular flexibility index (Phi) is 4.15. The first-order valence-corrected chi connectivity index (χ1v) is 7.93. The lowest BCUT2D eigenvalue weighted by molar-refractivity contribution is -0.143. The molecule has 0 radical (unpaired) electrons. The summed E-state index contributed by atoms with van der Waals surface area (Å²) in [5.74, 6) is 1.06. The number of nitrogens with two attached hydrogens (primary N) is 1. The minimum Gasteiger partial charge on any atom is -0.492 e. The van der Waals surface area contributed by atoms with Crippen LogP contribution in [-0.4, -0.2) is 36.0 Å². The van der Waals surface area contributed by atoms with Crippen LogP contribution < -0.4 is 10.5 Å². The average Bonchev–Trinajstić information content (AvgIpc) is 2.53. The van der Waals surface area contributed by atoms with E-state index in [2.05, 4.69) is 13.0 Å². The van der Waals surface area contributed by atoms with Crippen molar-refractivity contribution < 1.29 is 9.53 Å². The molecule has 2 heterocycles. The summed E-state index contributed by atoms with van der Waals surface area (Å²) in [7, 11) is 0. The van der Waals surface area contributed by atoms with Gasteiger partial charge < -0.3 is 15.4 Å². The number of benzene rings is 1. The maximum Gasteiger partial charge on any atom is 0.229 e. The van der Waals surface area contributed by atoms with Crippen molar-refractivity contribution in [3.05, 3.63) is 29.8 Å². The van der Waals surface area contributed by atoms with Crippen molar-refractivity contribution in [1.29, 1.82) is 0 Å². The van der Waals surface area contributed by atoms with Crippen LogP contribution in [0.25, 0.3) is 0 Å². The van der Waals surface area contributed by atoms with Crippen molar-refractivity contribution in [2.24, 2.45) is 11.7 Å². The van der Waals surface area contributed by atoms with Gasteiger partial charge in [-0.3, -0.25) is 4.79 Å². The number of rotatable bonds is 2.